The lowest BCUT2D eigenvalue weighted by atomic mass is 9.79. The molecule has 0 unspecified atom stereocenters. The van der Waals surface area contributed by atoms with E-state index in [0.29, 0.717) is 0 Å². The van der Waals surface area contributed by atoms with Gasteiger partial charge in [-0.05, 0) is 140 Å². The summed E-state index contributed by atoms with van der Waals surface area (Å²) in [5.41, 5.74) is 25.3. The molecule has 0 aliphatic heterocycles. The number of para-hydroxylation sites is 4. The van der Waals surface area contributed by atoms with Crippen LogP contribution in [-0.2, 0) is 10.8 Å². The predicted octanol–water partition coefficient (Wildman–Crippen LogP) is 19.3. The summed E-state index contributed by atoms with van der Waals surface area (Å²) in [6.45, 7) is 9.79. The minimum Gasteiger partial charge on any atom is -0.310 e. The van der Waals surface area contributed by atoms with Crippen molar-refractivity contribution in [2.24, 2.45) is 0 Å². The average molecular weight is 960 g/mol. The number of aromatic nitrogens is 2. The molecule has 11 aromatic carbocycles. The molecule has 3 heteroatoms. The third kappa shape index (κ3) is 6.34. The highest BCUT2D eigenvalue weighted by atomic mass is 15.1. The summed E-state index contributed by atoms with van der Waals surface area (Å²) in [5.74, 6) is 0. The summed E-state index contributed by atoms with van der Waals surface area (Å²) in [4.78, 5) is 2.49. The van der Waals surface area contributed by atoms with Crippen LogP contribution in [0.2, 0.25) is 0 Å². The normalized spacial score (nSPS) is 13.8. The van der Waals surface area contributed by atoms with Crippen molar-refractivity contribution in [2.45, 2.75) is 38.5 Å². The maximum atomic E-state index is 2.59. The van der Waals surface area contributed by atoms with Crippen molar-refractivity contribution in [1.29, 1.82) is 0 Å². The fraction of sp³-hybridized carbons (Fsp3) is 0.0833. The molecular weight excluding hydrogens is 907 g/mol. The van der Waals surface area contributed by atoms with Gasteiger partial charge in [0.1, 0.15) is 0 Å². The molecule has 0 fully saturated rings. The highest BCUT2D eigenvalue weighted by Crippen LogP contribution is 2.60. The van der Waals surface area contributed by atoms with Gasteiger partial charge in [0, 0.05) is 55.0 Å². The standard InChI is InChI=1S/C72H53N3/c1-71(2)60-28-19-33-67(73(50-38-34-48(35-39-50)46-20-7-5-8-21-46)51-40-36-49(37-41-51)47-22-9-6-10-23-47)69(60)59-45-61-57(44-62(59)71)58-42-52(74-63-29-15-11-24-53(63)54-25-12-16-30-64(54)74)43-68(70(58)72(61,3)4)75-65-31-17-13-26-55(65)56-27-14-18-32-66(56)75/h5-45H,1-4H3. The largest absolute Gasteiger partial charge is 0.310 e. The summed E-state index contributed by atoms with van der Waals surface area (Å²) in [5, 5.41) is 5.04. The number of fused-ring (bicyclic) bond motifs is 12. The third-order valence-corrected chi connectivity index (χ3v) is 16.9. The molecule has 0 radical (unpaired) electrons. The highest BCUT2D eigenvalue weighted by molar-refractivity contribution is 6.11. The van der Waals surface area contributed by atoms with Crippen molar-refractivity contribution in [1.82, 2.24) is 9.13 Å². The molecule has 2 heterocycles. The Labute approximate surface area is 437 Å². The zero-order valence-electron chi connectivity index (χ0n) is 42.5. The molecule has 0 saturated carbocycles. The van der Waals surface area contributed by atoms with E-state index in [-0.39, 0.29) is 10.8 Å². The van der Waals surface area contributed by atoms with E-state index in [4.69, 9.17) is 0 Å². The van der Waals surface area contributed by atoms with Gasteiger partial charge in [-0.3, -0.25) is 0 Å². The molecule has 2 aromatic heterocycles. The smallest absolute Gasteiger partial charge is 0.0543 e. The lowest BCUT2D eigenvalue weighted by Gasteiger charge is -2.29. The Hall–Kier alpha value is -9.18. The molecular formula is C72H53N3. The number of hydrogen-bond donors (Lipinski definition) is 0. The Morgan fingerprint density at radius 1 is 0.320 bits per heavy atom. The minimum atomic E-state index is -0.372. The first-order valence-corrected chi connectivity index (χ1v) is 26.3. The lowest BCUT2D eigenvalue weighted by Crippen LogP contribution is -2.19. The van der Waals surface area contributed by atoms with Gasteiger partial charge in [-0.15, -0.1) is 0 Å². The van der Waals surface area contributed by atoms with E-state index in [0.717, 1.165) is 17.1 Å². The summed E-state index contributed by atoms with van der Waals surface area (Å²) in [6.07, 6.45) is 0. The predicted molar refractivity (Wildman–Crippen MR) is 316 cm³/mol. The highest BCUT2D eigenvalue weighted by Gasteiger charge is 2.45. The molecule has 0 N–H and O–H groups in total. The summed E-state index contributed by atoms with van der Waals surface area (Å²) in [6, 6.07) is 92.5. The van der Waals surface area contributed by atoms with Gasteiger partial charge in [0.05, 0.1) is 33.4 Å². The van der Waals surface area contributed by atoms with Crippen LogP contribution >= 0.6 is 0 Å². The molecule has 356 valence electrons. The second-order valence-electron chi connectivity index (χ2n) is 21.7. The van der Waals surface area contributed by atoms with Crippen LogP contribution in [-0.4, -0.2) is 9.13 Å². The van der Waals surface area contributed by atoms with Gasteiger partial charge >= 0.3 is 0 Å². The van der Waals surface area contributed by atoms with E-state index in [1.807, 2.05) is 0 Å². The fourth-order valence-corrected chi connectivity index (χ4v) is 13.3. The van der Waals surface area contributed by atoms with Crippen LogP contribution in [0, 0.1) is 0 Å². The average Bonchev–Trinajstić information content (AvgIpc) is 4.12. The summed E-state index contributed by atoms with van der Waals surface area (Å²) in [7, 11) is 0. The molecule has 0 spiro atoms. The van der Waals surface area contributed by atoms with E-state index in [1.165, 1.54) is 122 Å². The quantitative estimate of drug-likeness (QED) is 0.155. The molecule has 75 heavy (non-hydrogen) atoms. The van der Waals surface area contributed by atoms with E-state index in [1.54, 1.807) is 0 Å². The van der Waals surface area contributed by atoms with Crippen molar-refractivity contribution in [3.63, 3.8) is 0 Å². The SMILES string of the molecule is CC1(C)c2cc3c(cc2-c2c(N(c4ccc(-c5ccccc5)cc4)c4ccc(-c5ccccc5)cc4)cccc21)C(C)(C)c1c-3cc(-n2c3ccccc3c3ccccc32)cc1-n1c2ccccc2c2ccccc21. The van der Waals surface area contributed by atoms with Gasteiger partial charge in [-0.2, -0.15) is 0 Å². The van der Waals surface area contributed by atoms with E-state index >= 15 is 0 Å². The Kier molecular flexibility index (Phi) is 9.35. The minimum absolute atomic E-state index is 0.289. The maximum Gasteiger partial charge on any atom is 0.0543 e. The molecule has 0 bridgehead atoms. The molecule has 15 rings (SSSR count). The van der Waals surface area contributed by atoms with Crippen molar-refractivity contribution < 1.29 is 0 Å². The maximum absolute atomic E-state index is 2.59. The van der Waals surface area contributed by atoms with E-state index in [9.17, 15) is 0 Å². The van der Waals surface area contributed by atoms with Crippen molar-refractivity contribution >= 4 is 60.7 Å². The van der Waals surface area contributed by atoms with Crippen LogP contribution in [0.25, 0.3) is 99.5 Å². The van der Waals surface area contributed by atoms with Crippen LogP contribution < -0.4 is 4.90 Å². The van der Waals surface area contributed by atoms with Gasteiger partial charge < -0.3 is 14.0 Å². The van der Waals surface area contributed by atoms with Crippen LogP contribution in [0.1, 0.15) is 49.9 Å². The molecule has 13 aromatic rings. The number of anilines is 3. The van der Waals surface area contributed by atoms with Gasteiger partial charge in [0.2, 0.25) is 0 Å². The number of benzene rings is 11. The zero-order chi connectivity index (χ0) is 50.2. The molecule has 2 aliphatic carbocycles. The van der Waals surface area contributed by atoms with Crippen LogP contribution in [0.15, 0.2) is 249 Å². The molecule has 0 atom stereocenters. The van der Waals surface area contributed by atoms with Crippen LogP contribution in [0.3, 0.4) is 0 Å². The van der Waals surface area contributed by atoms with Crippen molar-refractivity contribution in [2.75, 3.05) is 4.90 Å². The van der Waals surface area contributed by atoms with Crippen LogP contribution in [0.5, 0.6) is 0 Å². The Morgan fingerprint density at radius 3 is 1.25 bits per heavy atom. The molecule has 2 aliphatic rings. The van der Waals surface area contributed by atoms with Gasteiger partial charge in [-0.25, -0.2) is 0 Å². The first-order valence-electron chi connectivity index (χ1n) is 26.3. The number of hydrogen-bond acceptors (Lipinski definition) is 1. The van der Waals surface area contributed by atoms with Gasteiger partial charge in [0.15, 0.2) is 0 Å². The summed E-state index contributed by atoms with van der Waals surface area (Å²) >= 11 is 0. The Bertz CT molecular complexity index is 4250. The van der Waals surface area contributed by atoms with Crippen LogP contribution in [0.4, 0.5) is 17.1 Å². The molecule has 0 saturated heterocycles. The monoisotopic (exact) mass is 959 g/mol. The van der Waals surface area contributed by atoms with Gasteiger partial charge in [-0.1, -0.05) is 198 Å². The van der Waals surface area contributed by atoms with E-state index < -0.39 is 0 Å². The zero-order valence-corrected chi connectivity index (χ0v) is 42.5. The second-order valence-corrected chi connectivity index (χ2v) is 21.7. The second kappa shape index (κ2) is 16.2. The first-order chi connectivity index (χ1) is 36.7. The lowest BCUT2D eigenvalue weighted by molar-refractivity contribution is 0.650. The molecule has 0 amide bonds. The fourth-order valence-electron chi connectivity index (χ4n) is 13.3. The van der Waals surface area contributed by atoms with Gasteiger partial charge in [0.25, 0.3) is 0 Å². The number of nitrogens with zero attached hydrogens (tertiary/aromatic N) is 3. The van der Waals surface area contributed by atoms with Crippen molar-refractivity contribution in [3.8, 4) is 55.9 Å². The topological polar surface area (TPSA) is 13.1 Å². The van der Waals surface area contributed by atoms with Crippen molar-refractivity contribution in [3.05, 3.63) is 271 Å². The first kappa shape index (κ1) is 43.4. The number of rotatable bonds is 7. The third-order valence-electron chi connectivity index (χ3n) is 16.9. The summed E-state index contributed by atoms with van der Waals surface area (Å²) < 4.78 is 5.06. The van der Waals surface area contributed by atoms with E-state index in [2.05, 4.69) is 290 Å². The Morgan fingerprint density at radius 2 is 0.747 bits per heavy atom. The molecule has 3 nitrogen and oxygen atoms in total. The Balaban J connectivity index is 0.970.